The predicted octanol–water partition coefficient (Wildman–Crippen LogP) is -0.292. The molecule has 0 spiro atoms. The Kier molecular flexibility index (Phi) is 4.74. The number of aliphatic imine (C=N–C) groups is 1. The molecule has 24 heavy (non-hydrogen) atoms. The molecule has 0 aromatic carbocycles. The second kappa shape index (κ2) is 7.12. The van der Waals surface area contributed by atoms with Gasteiger partial charge in [-0.2, -0.15) is 0 Å². The van der Waals surface area contributed by atoms with Crippen LogP contribution in [0.2, 0.25) is 0 Å². The van der Waals surface area contributed by atoms with E-state index in [9.17, 15) is 9.59 Å². The molecule has 2 aliphatic rings. The molecule has 1 aromatic heterocycles. The molecule has 0 bridgehead atoms. The summed E-state index contributed by atoms with van der Waals surface area (Å²) >= 11 is 0. The molecule has 1 fully saturated rings. The van der Waals surface area contributed by atoms with Crippen molar-refractivity contribution in [3.05, 3.63) is 37.2 Å². The summed E-state index contributed by atoms with van der Waals surface area (Å²) in [5.74, 6) is 0.997. The average Bonchev–Trinajstić information content (AvgIpc) is 2.97. The van der Waals surface area contributed by atoms with Crippen molar-refractivity contribution in [3.8, 4) is 0 Å². The molecule has 0 radical (unpaired) electrons. The van der Waals surface area contributed by atoms with Crippen molar-refractivity contribution in [1.82, 2.24) is 20.5 Å². The van der Waals surface area contributed by atoms with Gasteiger partial charge in [0.25, 0.3) is 5.91 Å². The third-order valence-electron chi connectivity index (χ3n) is 4.01. The van der Waals surface area contributed by atoms with Crippen molar-refractivity contribution in [1.29, 1.82) is 0 Å². The molecule has 1 saturated heterocycles. The number of piperazine rings is 1. The molecule has 0 saturated carbocycles. The number of aromatic nitrogens is 1. The summed E-state index contributed by atoms with van der Waals surface area (Å²) in [4.78, 5) is 36.5. The Balaban J connectivity index is 1.57. The number of carbonyl (C=O) groups is 2. The van der Waals surface area contributed by atoms with Gasteiger partial charge in [-0.3, -0.25) is 14.9 Å². The summed E-state index contributed by atoms with van der Waals surface area (Å²) in [6.45, 7) is 6.50. The van der Waals surface area contributed by atoms with Crippen molar-refractivity contribution in [3.63, 3.8) is 0 Å². The number of nitrogens with one attached hydrogen (secondary N) is 2. The number of pyridine rings is 1. The maximum Gasteiger partial charge on any atom is 0.252 e. The van der Waals surface area contributed by atoms with Crippen molar-refractivity contribution < 1.29 is 9.59 Å². The standard InChI is InChI=1S/C16H20N6O2/c1-2-17-14(23)11-12-15(24)20-16(19-12)22-9-7-21(8-10-22)13-5-3-4-6-18-13/h2-6,12H,1,7-11H2,(H,17,23)(H,19,20,24). The molecule has 126 valence electrons. The SMILES string of the molecule is C=CNC(=O)CC1N=C(N2CCN(c3ccccn3)CC2)NC1=O. The van der Waals surface area contributed by atoms with Gasteiger partial charge in [0, 0.05) is 32.4 Å². The van der Waals surface area contributed by atoms with Gasteiger partial charge in [0.2, 0.25) is 11.9 Å². The highest BCUT2D eigenvalue weighted by atomic mass is 16.2. The molecule has 2 amide bonds. The van der Waals surface area contributed by atoms with E-state index in [0.717, 1.165) is 32.0 Å². The van der Waals surface area contributed by atoms with Gasteiger partial charge in [-0.25, -0.2) is 9.98 Å². The third kappa shape index (κ3) is 3.53. The van der Waals surface area contributed by atoms with Crippen LogP contribution in [-0.4, -0.2) is 59.9 Å². The van der Waals surface area contributed by atoms with Crippen molar-refractivity contribution in [2.75, 3.05) is 31.1 Å². The minimum absolute atomic E-state index is 0.0231. The fourth-order valence-corrected chi connectivity index (χ4v) is 2.77. The topological polar surface area (TPSA) is 89.9 Å². The maximum absolute atomic E-state index is 12.0. The number of anilines is 1. The van der Waals surface area contributed by atoms with Crippen molar-refractivity contribution >= 4 is 23.6 Å². The Labute approximate surface area is 140 Å². The van der Waals surface area contributed by atoms with Crippen LogP contribution in [0.5, 0.6) is 0 Å². The van der Waals surface area contributed by atoms with E-state index in [4.69, 9.17) is 0 Å². The van der Waals surface area contributed by atoms with Crippen LogP contribution in [0, 0.1) is 0 Å². The molecule has 1 atom stereocenters. The average molecular weight is 328 g/mol. The summed E-state index contributed by atoms with van der Waals surface area (Å²) in [6, 6.07) is 5.17. The van der Waals surface area contributed by atoms with Crippen LogP contribution in [0.1, 0.15) is 6.42 Å². The monoisotopic (exact) mass is 328 g/mol. The largest absolute Gasteiger partial charge is 0.353 e. The van der Waals surface area contributed by atoms with Crippen LogP contribution >= 0.6 is 0 Å². The van der Waals surface area contributed by atoms with E-state index in [1.165, 1.54) is 6.20 Å². The van der Waals surface area contributed by atoms with E-state index in [1.807, 2.05) is 23.1 Å². The second-order valence-electron chi connectivity index (χ2n) is 5.60. The van der Waals surface area contributed by atoms with E-state index >= 15 is 0 Å². The molecule has 1 unspecified atom stereocenters. The third-order valence-corrected chi connectivity index (χ3v) is 4.01. The molecule has 8 nitrogen and oxygen atoms in total. The highest BCUT2D eigenvalue weighted by molar-refractivity contribution is 6.06. The lowest BCUT2D eigenvalue weighted by Gasteiger charge is -2.36. The first-order chi connectivity index (χ1) is 11.7. The highest BCUT2D eigenvalue weighted by Crippen LogP contribution is 2.14. The van der Waals surface area contributed by atoms with E-state index < -0.39 is 6.04 Å². The molecular weight excluding hydrogens is 308 g/mol. The lowest BCUT2D eigenvalue weighted by molar-refractivity contribution is -0.125. The van der Waals surface area contributed by atoms with Crippen molar-refractivity contribution in [2.24, 2.45) is 4.99 Å². The summed E-state index contributed by atoms with van der Waals surface area (Å²) in [7, 11) is 0. The van der Waals surface area contributed by atoms with Crippen LogP contribution in [0.15, 0.2) is 42.2 Å². The van der Waals surface area contributed by atoms with Gasteiger partial charge in [-0.05, 0) is 18.3 Å². The molecule has 1 aromatic rings. The number of hydrogen-bond donors (Lipinski definition) is 2. The zero-order valence-corrected chi connectivity index (χ0v) is 13.3. The van der Waals surface area contributed by atoms with E-state index in [2.05, 4.69) is 32.1 Å². The Hall–Kier alpha value is -2.90. The fraction of sp³-hybridized carbons (Fsp3) is 0.375. The molecular formula is C16H20N6O2. The Morgan fingerprint density at radius 1 is 1.33 bits per heavy atom. The van der Waals surface area contributed by atoms with Crippen LogP contribution in [0.4, 0.5) is 5.82 Å². The Morgan fingerprint density at radius 3 is 2.75 bits per heavy atom. The highest BCUT2D eigenvalue weighted by Gasteiger charge is 2.32. The smallest absolute Gasteiger partial charge is 0.252 e. The summed E-state index contributed by atoms with van der Waals surface area (Å²) in [5, 5.41) is 5.23. The number of carbonyl (C=O) groups excluding carboxylic acids is 2. The van der Waals surface area contributed by atoms with Gasteiger partial charge >= 0.3 is 0 Å². The van der Waals surface area contributed by atoms with Gasteiger partial charge in [0.15, 0.2) is 0 Å². The van der Waals surface area contributed by atoms with Gasteiger partial charge in [-0.1, -0.05) is 12.6 Å². The first kappa shape index (κ1) is 16.0. The maximum atomic E-state index is 12.0. The zero-order valence-electron chi connectivity index (χ0n) is 13.3. The number of amides is 2. The normalized spacial score (nSPS) is 20.4. The van der Waals surface area contributed by atoms with Gasteiger partial charge in [-0.15, -0.1) is 0 Å². The first-order valence-electron chi connectivity index (χ1n) is 7.87. The zero-order chi connectivity index (χ0) is 16.9. The van der Waals surface area contributed by atoms with E-state index in [0.29, 0.717) is 5.96 Å². The predicted molar refractivity (Wildman–Crippen MR) is 90.3 cm³/mol. The summed E-state index contributed by atoms with van der Waals surface area (Å²) < 4.78 is 0. The molecule has 0 aliphatic carbocycles. The number of rotatable bonds is 4. The lowest BCUT2D eigenvalue weighted by Crippen LogP contribution is -2.52. The van der Waals surface area contributed by atoms with Crippen molar-refractivity contribution in [2.45, 2.75) is 12.5 Å². The second-order valence-corrected chi connectivity index (χ2v) is 5.60. The van der Waals surface area contributed by atoms with Gasteiger partial charge < -0.3 is 15.1 Å². The number of hydrogen-bond acceptors (Lipinski definition) is 6. The quantitative estimate of drug-likeness (QED) is 0.793. The van der Waals surface area contributed by atoms with Gasteiger partial charge in [0.1, 0.15) is 11.9 Å². The molecule has 3 rings (SSSR count). The summed E-state index contributed by atoms with van der Waals surface area (Å²) in [6.07, 6.45) is 3.10. The molecule has 8 heteroatoms. The number of nitrogens with zero attached hydrogens (tertiary/aromatic N) is 4. The summed E-state index contributed by atoms with van der Waals surface area (Å²) in [5.41, 5.74) is 0. The Morgan fingerprint density at radius 2 is 2.08 bits per heavy atom. The van der Waals surface area contributed by atoms with Crippen LogP contribution in [0.3, 0.4) is 0 Å². The van der Waals surface area contributed by atoms with Crippen LogP contribution in [0.25, 0.3) is 0 Å². The molecule has 2 aliphatic heterocycles. The van der Waals surface area contributed by atoms with E-state index in [-0.39, 0.29) is 18.2 Å². The minimum Gasteiger partial charge on any atom is -0.353 e. The van der Waals surface area contributed by atoms with Gasteiger partial charge in [0.05, 0.1) is 6.42 Å². The lowest BCUT2D eigenvalue weighted by atomic mass is 10.2. The van der Waals surface area contributed by atoms with E-state index in [1.54, 1.807) is 6.20 Å². The fourth-order valence-electron chi connectivity index (χ4n) is 2.77. The molecule has 2 N–H and O–H groups in total. The Bertz CT molecular complexity index is 652. The van der Waals surface area contributed by atoms with Crippen LogP contribution < -0.4 is 15.5 Å². The van der Waals surface area contributed by atoms with Crippen LogP contribution in [-0.2, 0) is 9.59 Å². The number of guanidine groups is 1. The minimum atomic E-state index is -0.672. The first-order valence-corrected chi connectivity index (χ1v) is 7.87. The molecule has 3 heterocycles.